The monoisotopic (exact) mass is 150 g/mol. The van der Waals surface area contributed by atoms with E-state index >= 15 is 0 Å². The van der Waals surface area contributed by atoms with E-state index in [0.717, 1.165) is 32.1 Å². The standard InChI is InChI=1S/C10H14O/c1-3-4-5-6-10(7-8-10)9(2)11/h1H,4-8H2,2H3. The second-order valence-electron chi connectivity index (χ2n) is 3.39. The molecule has 1 heteroatoms. The van der Waals surface area contributed by atoms with Crippen molar-refractivity contribution in [3.05, 3.63) is 0 Å². The van der Waals surface area contributed by atoms with Crippen molar-refractivity contribution in [2.45, 2.75) is 39.0 Å². The summed E-state index contributed by atoms with van der Waals surface area (Å²) in [6.45, 7) is 1.70. The summed E-state index contributed by atoms with van der Waals surface area (Å²) in [7, 11) is 0. The molecule has 0 spiro atoms. The van der Waals surface area contributed by atoms with Crippen molar-refractivity contribution in [3.8, 4) is 12.3 Å². The number of rotatable bonds is 4. The van der Waals surface area contributed by atoms with Gasteiger partial charge < -0.3 is 0 Å². The molecule has 1 aliphatic rings. The smallest absolute Gasteiger partial charge is 0.135 e. The van der Waals surface area contributed by atoms with E-state index in [2.05, 4.69) is 5.92 Å². The van der Waals surface area contributed by atoms with Gasteiger partial charge in [-0.2, -0.15) is 0 Å². The lowest BCUT2D eigenvalue weighted by Crippen LogP contribution is -2.11. The van der Waals surface area contributed by atoms with Gasteiger partial charge in [-0.1, -0.05) is 0 Å². The Kier molecular flexibility index (Phi) is 2.34. The Morgan fingerprint density at radius 2 is 2.27 bits per heavy atom. The summed E-state index contributed by atoms with van der Waals surface area (Å²) in [6, 6.07) is 0. The van der Waals surface area contributed by atoms with E-state index in [9.17, 15) is 4.79 Å². The fraction of sp³-hybridized carbons (Fsp3) is 0.700. The third-order valence-electron chi connectivity index (χ3n) is 2.58. The predicted octanol–water partition coefficient (Wildman–Crippen LogP) is 2.16. The molecule has 0 aromatic heterocycles. The molecule has 0 N–H and O–H groups in total. The van der Waals surface area contributed by atoms with E-state index in [1.807, 2.05) is 0 Å². The third kappa shape index (κ3) is 1.83. The molecular formula is C10H14O. The van der Waals surface area contributed by atoms with E-state index in [4.69, 9.17) is 6.42 Å². The van der Waals surface area contributed by atoms with Gasteiger partial charge in [0.05, 0.1) is 0 Å². The van der Waals surface area contributed by atoms with Gasteiger partial charge in [0, 0.05) is 11.8 Å². The minimum absolute atomic E-state index is 0.0663. The number of carbonyl (C=O) groups is 1. The summed E-state index contributed by atoms with van der Waals surface area (Å²) < 4.78 is 0. The van der Waals surface area contributed by atoms with Gasteiger partial charge in [-0.3, -0.25) is 4.79 Å². The van der Waals surface area contributed by atoms with Crippen molar-refractivity contribution in [2.75, 3.05) is 0 Å². The number of ketones is 1. The molecule has 0 aliphatic heterocycles. The van der Waals surface area contributed by atoms with Crippen molar-refractivity contribution in [3.63, 3.8) is 0 Å². The highest BCUT2D eigenvalue weighted by Gasteiger charge is 2.45. The van der Waals surface area contributed by atoms with Gasteiger partial charge in [-0.15, -0.1) is 12.3 Å². The first-order valence-electron chi connectivity index (χ1n) is 4.16. The number of hydrogen-bond donors (Lipinski definition) is 0. The maximum Gasteiger partial charge on any atom is 0.135 e. The quantitative estimate of drug-likeness (QED) is 0.443. The molecule has 0 aromatic rings. The third-order valence-corrected chi connectivity index (χ3v) is 2.58. The summed E-state index contributed by atoms with van der Waals surface area (Å²) in [5.74, 6) is 2.95. The molecule has 0 amide bonds. The number of Topliss-reactive ketones (excluding diaryl/α,β-unsaturated/α-hetero) is 1. The van der Waals surface area contributed by atoms with Gasteiger partial charge in [-0.25, -0.2) is 0 Å². The van der Waals surface area contributed by atoms with Crippen LogP contribution in [-0.4, -0.2) is 5.78 Å². The Hall–Kier alpha value is -0.770. The molecule has 0 saturated heterocycles. The first-order valence-corrected chi connectivity index (χ1v) is 4.16. The van der Waals surface area contributed by atoms with Crippen LogP contribution in [0.3, 0.4) is 0 Å². The van der Waals surface area contributed by atoms with Crippen LogP contribution in [0.25, 0.3) is 0 Å². The van der Waals surface area contributed by atoms with E-state index in [1.165, 1.54) is 0 Å². The van der Waals surface area contributed by atoms with Crippen LogP contribution >= 0.6 is 0 Å². The fourth-order valence-corrected chi connectivity index (χ4v) is 1.46. The molecular weight excluding hydrogens is 136 g/mol. The van der Waals surface area contributed by atoms with Crippen LogP contribution < -0.4 is 0 Å². The first-order chi connectivity index (χ1) is 5.21. The van der Waals surface area contributed by atoms with Crippen molar-refractivity contribution in [1.29, 1.82) is 0 Å². The molecule has 60 valence electrons. The summed E-state index contributed by atoms with van der Waals surface area (Å²) >= 11 is 0. The Balaban J connectivity index is 2.26. The second-order valence-corrected chi connectivity index (χ2v) is 3.39. The van der Waals surface area contributed by atoms with Gasteiger partial charge in [0.2, 0.25) is 0 Å². The van der Waals surface area contributed by atoms with Crippen molar-refractivity contribution < 1.29 is 4.79 Å². The molecule has 0 radical (unpaired) electrons. The van der Waals surface area contributed by atoms with E-state index in [1.54, 1.807) is 6.92 Å². The Bertz CT molecular complexity index is 193. The zero-order chi connectivity index (χ0) is 8.32. The van der Waals surface area contributed by atoms with Crippen LogP contribution in [-0.2, 0) is 4.79 Å². The van der Waals surface area contributed by atoms with Crippen LogP contribution in [0.2, 0.25) is 0 Å². The molecule has 0 aromatic carbocycles. The van der Waals surface area contributed by atoms with Gasteiger partial charge in [-0.05, 0) is 32.6 Å². The van der Waals surface area contributed by atoms with Gasteiger partial charge in [0.25, 0.3) is 0 Å². The molecule has 0 heterocycles. The van der Waals surface area contributed by atoms with Crippen LogP contribution in [0.5, 0.6) is 0 Å². The van der Waals surface area contributed by atoms with E-state index in [0.29, 0.717) is 5.78 Å². The molecule has 1 rings (SSSR count). The summed E-state index contributed by atoms with van der Waals surface area (Å²) in [5, 5.41) is 0. The Morgan fingerprint density at radius 3 is 2.64 bits per heavy atom. The minimum atomic E-state index is 0.0663. The van der Waals surface area contributed by atoms with Gasteiger partial charge in [0.15, 0.2) is 0 Å². The molecule has 1 nitrogen and oxygen atoms in total. The van der Waals surface area contributed by atoms with Crippen LogP contribution in [0.1, 0.15) is 39.0 Å². The molecule has 0 bridgehead atoms. The van der Waals surface area contributed by atoms with Crippen LogP contribution in [0.15, 0.2) is 0 Å². The number of carbonyl (C=O) groups excluding carboxylic acids is 1. The average Bonchev–Trinajstić information content (AvgIpc) is 2.70. The number of hydrogen-bond acceptors (Lipinski definition) is 1. The normalized spacial score (nSPS) is 18.9. The minimum Gasteiger partial charge on any atom is -0.299 e. The van der Waals surface area contributed by atoms with E-state index in [-0.39, 0.29) is 5.41 Å². The molecule has 0 unspecified atom stereocenters. The highest BCUT2D eigenvalue weighted by atomic mass is 16.1. The maximum atomic E-state index is 11.1. The highest BCUT2D eigenvalue weighted by molar-refractivity contribution is 5.84. The first kappa shape index (κ1) is 8.33. The Morgan fingerprint density at radius 1 is 1.64 bits per heavy atom. The lowest BCUT2D eigenvalue weighted by atomic mass is 9.95. The average molecular weight is 150 g/mol. The van der Waals surface area contributed by atoms with Crippen molar-refractivity contribution in [1.82, 2.24) is 0 Å². The highest BCUT2D eigenvalue weighted by Crippen LogP contribution is 2.50. The fourth-order valence-electron chi connectivity index (χ4n) is 1.46. The van der Waals surface area contributed by atoms with Crippen LogP contribution in [0.4, 0.5) is 0 Å². The zero-order valence-electron chi connectivity index (χ0n) is 7.02. The summed E-state index contributed by atoms with van der Waals surface area (Å²) in [4.78, 5) is 11.1. The second kappa shape index (κ2) is 3.09. The molecule has 11 heavy (non-hydrogen) atoms. The number of unbranched alkanes of at least 4 members (excludes halogenated alkanes) is 1. The summed E-state index contributed by atoms with van der Waals surface area (Å²) in [5.41, 5.74) is 0.0663. The van der Waals surface area contributed by atoms with Gasteiger partial charge in [0.1, 0.15) is 5.78 Å². The molecule has 1 saturated carbocycles. The van der Waals surface area contributed by atoms with E-state index < -0.39 is 0 Å². The SMILES string of the molecule is C#CCCCC1(C(C)=O)CC1. The topological polar surface area (TPSA) is 17.1 Å². The largest absolute Gasteiger partial charge is 0.299 e. The van der Waals surface area contributed by atoms with Crippen molar-refractivity contribution in [2.24, 2.45) is 5.41 Å². The molecule has 1 aliphatic carbocycles. The number of terminal acetylenes is 1. The van der Waals surface area contributed by atoms with Gasteiger partial charge >= 0.3 is 0 Å². The lowest BCUT2D eigenvalue weighted by Gasteiger charge is -2.08. The lowest BCUT2D eigenvalue weighted by molar-refractivity contribution is -0.122. The summed E-state index contributed by atoms with van der Waals surface area (Å²) in [6.07, 6.45) is 10.1. The molecule has 1 fully saturated rings. The maximum absolute atomic E-state index is 11.1. The van der Waals surface area contributed by atoms with Crippen LogP contribution in [0, 0.1) is 17.8 Å². The molecule has 0 atom stereocenters. The predicted molar refractivity (Wildman–Crippen MR) is 45.0 cm³/mol. The van der Waals surface area contributed by atoms with Crippen molar-refractivity contribution >= 4 is 5.78 Å². The zero-order valence-corrected chi connectivity index (χ0v) is 7.02. The Labute approximate surface area is 68.2 Å².